The minimum atomic E-state index is -0.177. The molecule has 0 atom stereocenters. The number of carbonyl (C=O) groups excluding carboxylic acids is 1. The van der Waals surface area contributed by atoms with Gasteiger partial charge in [0.2, 0.25) is 0 Å². The fourth-order valence-corrected chi connectivity index (χ4v) is 1.51. The maximum atomic E-state index is 11.5. The van der Waals surface area contributed by atoms with Crippen LogP contribution in [-0.4, -0.2) is 5.78 Å². The van der Waals surface area contributed by atoms with E-state index in [1.807, 2.05) is 36.4 Å². The fourth-order valence-electron chi connectivity index (χ4n) is 1.51. The smallest absolute Gasteiger partial charge is 0.176 e. The van der Waals surface area contributed by atoms with Crippen molar-refractivity contribution in [3.05, 3.63) is 60.2 Å². The summed E-state index contributed by atoms with van der Waals surface area (Å²) in [7, 11) is 0. The van der Waals surface area contributed by atoms with Crippen molar-refractivity contribution >= 4 is 5.78 Å². The number of para-hydroxylation sites is 1. The van der Waals surface area contributed by atoms with Crippen LogP contribution < -0.4 is 4.74 Å². The minimum absolute atomic E-state index is 0.0983. The Hall–Kier alpha value is -2.60. The van der Waals surface area contributed by atoms with Gasteiger partial charge in [-0.1, -0.05) is 18.2 Å². The summed E-state index contributed by atoms with van der Waals surface area (Å²) in [6.45, 7) is 0. The zero-order valence-corrected chi connectivity index (χ0v) is 9.67. The highest BCUT2D eigenvalue weighted by Gasteiger charge is 2.05. The van der Waals surface area contributed by atoms with E-state index in [4.69, 9.17) is 10.00 Å². The molecule has 0 spiro atoms. The Bertz CT molecular complexity index is 568. The monoisotopic (exact) mass is 237 g/mol. The van der Waals surface area contributed by atoms with Crippen LogP contribution in [0, 0.1) is 11.3 Å². The lowest BCUT2D eigenvalue weighted by Crippen LogP contribution is -1.96. The van der Waals surface area contributed by atoms with E-state index >= 15 is 0 Å². The van der Waals surface area contributed by atoms with Crippen molar-refractivity contribution in [2.75, 3.05) is 0 Å². The summed E-state index contributed by atoms with van der Waals surface area (Å²) in [5.74, 6) is 1.23. The number of rotatable bonds is 4. The van der Waals surface area contributed by atoms with Gasteiger partial charge in [-0.25, -0.2) is 0 Å². The van der Waals surface area contributed by atoms with E-state index in [2.05, 4.69) is 0 Å². The number of nitriles is 1. The molecular formula is C15H11NO2. The lowest BCUT2D eigenvalue weighted by atomic mass is 10.1. The molecule has 0 amide bonds. The van der Waals surface area contributed by atoms with E-state index in [9.17, 15) is 4.79 Å². The number of hydrogen-bond acceptors (Lipinski definition) is 3. The van der Waals surface area contributed by atoms with Gasteiger partial charge in [0, 0.05) is 5.56 Å². The third kappa shape index (κ3) is 2.96. The molecule has 2 aromatic carbocycles. The van der Waals surface area contributed by atoms with Crippen molar-refractivity contribution in [2.24, 2.45) is 0 Å². The SMILES string of the molecule is N#CCC(=O)c1ccc(Oc2ccccc2)cc1. The third-order valence-electron chi connectivity index (χ3n) is 2.39. The molecule has 0 saturated carbocycles. The molecule has 2 aromatic rings. The number of ether oxygens (including phenoxy) is 1. The van der Waals surface area contributed by atoms with Gasteiger partial charge in [-0.05, 0) is 36.4 Å². The third-order valence-corrected chi connectivity index (χ3v) is 2.39. The maximum Gasteiger partial charge on any atom is 0.176 e. The van der Waals surface area contributed by atoms with Gasteiger partial charge in [-0.2, -0.15) is 5.26 Å². The summed E-state index contributed by atoms with van der Waals surface area (Å²) in [4.78, 5) is 11.5. The van der Waals surface area contributed by atoms with Crippen molar-refractivity contribution < 1.29 is 9.53 Å². The average molecular weight is 237 g/mol. The minimum Gasteiger partial charge on any atom is -0.457 e. The Balaban J connectivity index is 2.09. The van der Waals surface area contributed by atoms with Crippen LogP contribution in [0.4, 0.5) is 0 Å². The Morgan fingerprint density at radius 1 is 1.00 bits per heavy atom. The summed E-state index contributed by atoms with van der Waals surface area (Å²) < 4.78 is 5.60. The lowest BCUT2D eigenvalue weighted by molar-refractivity contribution is 0.0997. The van der Waals surface area contributed by atoms with Crippen LogP contribution in [0.3, 0.4) is 0 Å². The van der Waals surface area contributed by atoms with Gasteiger partial charge in [0.05, 0.1) is 12.5 Å². The highest BCUT2D eigenvalue weighted by Crippen LogP contribution is 2.21. The van der Waals surface area contributed by atoms with Gasteiger partial charge in [-0.15, -0.1) is 0 Å². The number of hydrogen-bond donors (Lipinski definition) is 0. The highest BCUT2D eigenvalue weighted by atomic mass is 16.5. The van der Waals surface area contributed by atoms with Crippen LogP contribution >= 0.6 is 0 Å². The zero-order chi connectivity index (χ0) is 12.8. The maximum absolute atomic E-state index is 11.5. The molecular weight excluding hydrogens is 226 g/mol. The first kappa shape index (κ1) is 11.9. The van der Waals surface area contributed by atoms with Crippen LogP contribution in [0.1, 0.15) is 16.8 Å². The first-order chi connectivity index (χ1) is 8.79. The Morgan fingerprint density at radius 2 is 1.61 bits per heavy atom. The highest BCUT2D eigenvalue weighted by molar-refractivity contribution is 5.97. The molecule has 0 fully saturated rings. The molecule has 0 radical (unpaired) electrons. The second-order valence-corrected chi connectivity index (χ2v) is 3.70. The van der Waals surface area contributed by atoms with Crippen LogP contribution in [0.15, 0.2) is 54.6 Å². The lowest BCUT2D eigenvalue weighted by Gasteiger charge is -2.05. The molecule has 0 aliphatic rings. The zero-order valence-electron chi connectivity index (χ0n) is 9.67. The van der Waals surface area contributed by atoms with Gasteiger partial charge in [-0.3, -0.25) is 4.79 Å². The average Bonchev–Trinajstić information content (AvgIpc) is 2.41. The van der Waals surface area contributed by atoms with Crippen LogP contribution in [-0.2, 0) is 0 Å². The quantitative estimate of drug-likeness (QED) is 0.764. The first-order valence-electron chi connectivity index (χ1n) is 5.53. The molecule has 3 heteroatoms. The van der Waals surface area contributed by atoms with Gasteiger partial charge in [0.15, 0.2) is 5.78 Å². The summed E-state index contributed by atoms with van der Waals surface area (Å²) in [5.41, 5.74) is 0.525. The second-order valence-electron chi connectivity index (χ2n) is 3.70. The molecule has 0 aromatic heterocycles. The molecule has 0 unspecified atom stereocenters. The number of nitrogens with zero attached hydrogens (tertiary/aromatic N) is 1. The fraction of sp³-hybridized carbons (Fsp3) is 0.0667. The van der Waals surface area contributed by atoms with E-state index in [-0.39, 0.29) is 12.2 Å². The predicted molar refractivity (Wildman–Crippen MR) is 67.5 cm³/mol. The Kier molecular flexibility index (Phi) is 3.72. The van der Waals surface area contributed by atoms with Gasteiger partial charge < -0.3 is 4.74 Å². The van der Waals surface area contributed by atoms with Crippen molar-refractivity contribution in [3.63, 3.8) is 0 Å². The van der Waals surface area contributed by atoms with Crippen LogP contribution in [0.5, 0.6) is 11.5 Å². The van der Waals surface area contributed by atoms with Gasteiger partial charge in [0.25, 0.3) is 0 Å². The summed E-state index contributed by atoms with van der Waals surface area (Å²) >= 11 is 0. The molecule has 88 valence electrons. The van der Waals surface area contributed by atoms with E-state index in [1.54, 1.807) is 24.3 Å². The van der Waals surface area contributed by atoms with E-state index < -0.39 is 0 Å². The molecule has 0 bridgehead atoms. The number of carbonyl (C=O) groups is 1. The largest absolute Gasteiger partial charge is 0.457 e. The van der Waals surface area contributed by atoms with Crippen molar-refractivity contribution in [1.82, 2.24) is 0 Å². The molecule has 3 nitrogen and oxygen atoms in total. The van der Waals surface area contributed by atoms with Gasteiger partial charge >= 0.3 is 0 Å². The summed E-state index contributed by atoms with van der Waals surface area (Å²) in [6.07, 6.45) is -0.0983. The van der Waals surface area contributed by atoms with Crippen LogP contribution in [0.2, 0.25) is 0 Å². The van der Waals surface area contributed by atoms with E-state index in [1.165, 1.54) is 0 Å². The van der Waals surface area contributed by atoms with E-state index in [0.717, 1.165) is 5.75 Å². The van der Waals surface area contributed by atoms with Crippen LogP contribution in [0.25, 0.3) is 0 Å². The molecule has 0 heterocycles. The standard InChI is InChI=1S/C15H11NO2/c16-11-10-15(17)12-6-8-14(9-7-12)18-13-4-2-1-3-5-13/h1-9H,10H2. The second kappa shape index (κ2) is 5.65. The molecule has 0 saturated heterocycles. The predicted octanol–water partition coefficient (Wildman–Crippen LogP) is 3.58. The molecule has 0 aliphatic heterocycles. The molecule has 2 rings (SSSR count). The molecule has 18 heavy (non-hydrogen) atoms. The normalized spacial score (nSPS) is 9.50. The summed E-state index contributed by atoms with van der Waals surface area (Å²) in [5, 5.41) is 8.45. The van der Waals surface area contributed by atoms with Crippen molar-refractivity contribution in [1.29, 1.82) is 5.26 Å². The molecule has 0 N–H and O–H groups in total. The van der Waals surface area contributed by atoms with Crippen molar-refractivity contribution in [2.45, 2.75) is 6.42 Å². The Morgan fingerprint density at radius 3 is 2.22 bits per heavy atom. The van der Waals surface area contributed by atoms with E-state index in [0.29, 0.717) is 11.3 Å². The first-order valence-corrected chi connectivity index (χ1v) is 5.53. The number of ketones is 1. The van der Waals surface area contributed by atoms with Gasteiger partial charge in [0.1, 0.15) is 11.5 Å². The Labute approximate surface area is 105 Å². The number of benzene rings is 2. The van der Waals surface area contributed by atoms with Crippen molar-refractivity contribution in [3.8, 4) is 17.6 Å². The summed E-state index contributed by atoms with van der Waals surface area (Å²) in [6, 6.07) is 18.0. The number of Topliss-reactive ketones (excluding diaryl/α,β-unsaturated/α-hetero) is 1. The topological polar surface area (TPSA) is 50.1 Å². The molecule has 0 aliphatic carbocycles.